The Balaban J connectivity index is -0.0000000331. The van der Waals surface area contributed by atoms with Gasteiger partial charge in [0.25, 0.3) is 0 Å². The summed E-state index contributed by atoms with van der Waals surface area (Å²) in [5.74, 6) is 0. The minimum atomic E-state index is -2.17. The van der Waals surface area contributed by atoms with E-state index in [0.717, 1.165) is 0 Å². The summed E-state index contributed by atoms with van der Waals surface area (Å²) >= 11 is 0. The summed E-state index contributed by atoms with van der Waals surface area (Å²) in [4.78, 5) is 0. The van der Waals surface area contributed by atoms with Gasteiger partial charge in [-0.2, -0.15) is 0 Å². The minimum Gasteiger partial charge on any atom is -0.402 e. The number of hydrogen-bond donors (Lipinski definition) is 15. The molecule has 0 unspecified atom stereocenters. The fourth-order valence-electron chi connectivity index (χ4n) is 0. The topological polar surface area (TPSA) is 303 Å². The normalized spacial score (nSPS) is 6.43. The fraction of sp³-hybridized carbons (Fsp3) is 0. The Morgan fingerprint density at radius 2 is 0.238 bits per heavy atom. The Hall–Kier alpha value is 1.36. The van der Waals surface area contributed by atoms with Gasteiger partial charge >= 0.3 is 36.6 Å². The molecule has 21 heavy (non-hydrogen) atoms. The summed E-state index contributed by atoms with van der Waals surface area (Å²) in [6.07, 6.45) is 0. The van der Waals surface area contributed by atoms with Crippen LogP contribution in [0.25, 0.3) is 0 Å². The molecular weight excluding hydrogens is 333 g/mol. The van der Waals surface area contributed by atoms with Gasteiger partial charge in [0.05, 0.1) is 0 Å². The van der Waals surface area contributed by atoms with Gasteiger partial charge in [-0.1, -0.05) is 0 Å². The van der Waals surface area contributed by atoms with Crippen LogP contribution >= 0.6 is 0 Å². The first-order chi connectivity index (χ1) is 8.66. The van der Waals surface area contributed by atoms with E-state index in [1.165, 1.54) is 0 Å². The van der Waals surface area contributed by atoms with Crippen molar-refractivity contribution < 1.29 is 75.4 Å². The molecule has 15 nitrogen and oxygen atoms in total. The van der Waals surface area contributed by atoms with Crippen LogP contribution in [0.5, 0.6) is 0 Å². The molecule has 0 aliphatic heterocycles. The summed E-state index contributed by atoms with van der Waals surface area (Å²) in [6.45, 7) is 0. The summed E-state index contributed by atoms with van der Waals surface area (Å²) in [5, 5.41) is 108. The second-order valence-electron chi connectivity index (χ2n) is 1.73. The molecule has 0 aliphatic carbocycles. The van der Waals surface area contributed by atoms with Gasteiger partial charge < -0.3 is 75.4 Å². The third kappa shape index (κ3) is 4320. The third-order valence-electron chi connectivity index (χ3n) is 0. The first kappa shape index (κ1) is 38.1. The maximum absolute atomic E-state index is 7.17. The van der Waals surface area contributed by atoms with Gasteiger partial charge in [-0.05, 0) is 0 Å². The predicted molar refractivity (Wildman–Crippen MR) is 67.8 cm³/mol. The van der Waals surface area contributed by atoms with Crippen molar-refractivity contribution in [1.82, 2.24) is 0 Å². The van der Waals surface area contributed by atoms with Crippen molar-refractivity contribution in [2.45, 2.75) is 0 Å². The van der Waals surface area contributed by atoms with Crippen molar-refractivity contribution in [2.24, 2.45) is 0 Å². The average molecular weight is 348 g/mol. The zero-order chi connectivity index (χ0) is 17.9. The van der Waals surface area contributed by atoms with Crippen LogP contribution in [0.4, 0.5) is 0 Å². The van der Waals surface area contributed by atoms with Gasteiger partial charge in [-0.15, -0.1) is 0 Å². The van der Waals surface area contributed by atoms with E-state index in [-0.39, 0.29) is 51.4 Å². The maximum atomic E-state index is 7.17. The smallest absolute Gasteiger partial charge is 0.402 e. The first-order valence-corrected chi connectivity index (χ1v) is 3.87. The van der Waals surface area contributed by atoms with Crippen LogP contribution in [0.1, 0.15) is 0 Å². The quantitative estimate of drug-likeness (QED) is 0.181. The van der Waals surface area contributed by atoms with Gasteiger partial charge in [-0.25, -0.2) is 0 Å². The van der Waals surface area contributed by atoms with Gasteiger partial charge in [-0.3, -0.25) is 0 Å². The molecule has 0 aromatic heterocycles. The van der Waals surface area contributed by atoms with Crippen LogP contribution in [0.3, 0.4) is 0 Å². The van der Waals surface area contributed by atoms with Crippen molar-refractivity contribution >= 4 is 88.0 Å². The summed E-state index contributed by atoms with van der Waals surface area (Å²) < 4.78 is 0. The van der Waals surface area contributed by atoms with Crippen LogP contribution in [-0.2, 0) is 0 Å². The van der Waals surface area contributed by atoms with E-state index in [9.17, 15) is 0 Å². The molecule has 0 amide bonds. The van der Waals surface area contributed by atoms with E-state index < -0.39 is 36.6 Å². The van der Waals surface area contributed by atoms with Crippen molar-refractivity contribution in [3.63, 3.8) is 0 Å². The first-order valence-electron chi connectivity index (χ1n) is 3.87. The molecule has 0 aromatic rings. The molecule has 0 fully saturated rings. The number of rotatable bonds is 0. The maximum Gasteiger partial charge on any atom is 0.631 e. The molecular formula is H15B5KO15. The van der Waals surface area contributed by atoms with Crippen LogP contribution in [0, 0.1) is 0 Å². The Morgan fingerprint density at radius 3 is 0.238 bits per heavy atom. The van der Waals surface area contributed by atoms with Crippen LogP contribution in [0.15, 0.2) is 0 Å². The molecule has 0 spiro atoms. The zero-order valence-electron chi connectivity index (χ0n) is 10.6. The van der Waals surface area contributed by atoms with Gasteiger partial charge in [0.1, 0.15) is 0 Å². The molecule has 0 bridgehead atoms. The second-order valence-corrected chi connectivity index (χ2v) is 1.73. The second kappa shape index (κ2) is 33.1. The van der Waals surface area contributed by atoms with Gasteiger partial charge in [0.15, 0.2) is 0 Å². The van der Waals surface area contributed by atoms with Gasteiger partial charge in [0.2, 0.25) is 0 Å². The monoisotopic (exact) mass is 349 g/mol. The number of hydrogen-bond acceptors (Lipinski definition) is 15. The molecule has 0 aromatic carbocycles. The van der Waals surface area contributed by atoms with Crippen LogP contribution in [0.2, 0.25) is 0 Å². The molecule has 121 valence electrons. The molecule has 15 N–H and O–H groups in total. The zero-order valence-corrected chi connectivity index (χ0v) is 13.7. The summed E-state index contributed by atoms with van der Waals surface area (Å²) in [7, 11) is -10.8. The Bertz CT molecular complexity index is 80.6. The molecule has 0 heterocycles. The van der Waals surface area contributed by atoms with Crippen LogP contribution < -0.4 is 0 Å². The Kier molecular flexibility index (Phi) is 60.0. The van der Waals surface area contributed by atoms with Crippen molar-refractivity contribution in [3.8, 4) is 0 Å². The fourth-order valence-corrected chi connectivity index (χ4v) is 0. The van der Waals surface area contributed by atoms with E-state index in [4.69, 9.17) is 75.4 Å². The van der Waals surface area contributed by atoms with E-state index in [1.807, 2.05) is 0 Å². The van der Waals surface area contributed by atoms with Crippen molar-refractivity contribution in [3.05, 3.63) is 0 Å². The Labute approximate surface area is 162 Å². The molecule has 0 aliphatic rings. The van der Waals surface area contributed by atoms with E-state index in [1.54, 1.807) is 0 Å². The molecule has 21 heteroatoms. The van der Waals surface area contributed by atoms with Gasteiger partial charge in [0, 0.05) is 51.4 Å². The van der Waals surface area contributed by atoms with E-state index in [2.05, 4.69) is 0 Å². The predicted octanol–water partition coefficient (Wildman–Crippen LogP) is -10.6. The van der Waals surface area contributed by atoms with Crippen molar-refractivity contribution in [2.75, 3.05) is 0 Å². The molecule has 0 atom stereocenters. The summed E-state index contributed by atoms with van der Waals surface area (Å²) in [5.41, 5.74) is 0. The molecule has 1 radical (unpaired) electrons. The molecule has 0 saturated heterocycles. The van der Waals surface area contributed by atoms with Crippen LogP contribution in [-0.4, -0.2) is 163 Å². The SMILES string of the molecule is OB(O)O.OB(O)O.OB(O)O.OB(O)O.OB(O)O.[K]. The standard InChI is InChI=1S/5BH3O3.K/c5*2-1(3)4;/h5*2-4H;. The van der Waals surface area contributed by atoms with E-state index in [0.29, 0.717) is 0 Å². The largest absolute Gasteiger partial charge is 0.631 e. The van der Waals surface area contributed by atoms with E-state index >= 15 is 0 Å². The molecule has 0 saturated carbocycles. The average Bonchev–Trinajstić information content (AvgIpc) is 1.94. The summed E-state index contributed by atoms with van der Waals surface area (Å²) in [6, 6.07) is 0. The molecule has 0 rings (SSSR count). The third-order valence-corrected chi connectivity index (χ3v) is 0. The Morgan fingerprint density at radius 1 is 0.238 bits per heavy atom. The minimum absolute atomic E-state index is 0. The van der Waals surface area contributed by atoms with Crippen molar-refractivity contribution in [1.29, 1.82) is 0 Å².